The first kappa shape index (κ1) is 17.6. The molecule has 2 aromatic rings. The fourth-order valence-corrected chi connectivity index (χ4v) is 2.78. The molecule has 0 radical (unpaired) electrons. The number of nitrogens with two attached hydrogens (primary N) is 1. The average Bonchev–Trinajstić information content (AvgIpc) is 2.54. The topological polar surface area (TPSA) is 144 Å². The van der Waals surface area contributed by atoms with E-state index in [9.17, 15) is 13.2 Å². The summed E-state index contributed by atoms with van der Waals surface area (Å²) in [5, 5.41) is 8.69. The third kappa shape index (κ3) is 4.40. The standard InChI is InChI=1S/C14H16N4O5S/c1-23-10-2-4-11(5-3-10)24(21,22)18-14-16-7-9(8-17-14)12(15)6-13(19)20/h2-5,7-8,12H,6,15H2,1H3,(H,19,20)(H,16,17,18). The van der Waals surface area contributed by atoms with Gasteiger partial charge in [-0.1, -0.05) is 0 Å². The summed E-state index contributed by atoms with van der Waals surface area (Å²) >= 11 is 0. The molecular formula is C14H16N4O5S. The second-order valence-corrected chi connectivity index (χ2v) is 6.51. The first-order chi connectivity index (χ1) is 11.3. The minimum Gasteiger partial charge on any atom is -0.497 e. The lowest BCUT2D eigenvalue weighted by atomic mass is 10.1. The lowest BCUT2D eigenvalue weighted by molar-refractivity contribution is -0.137. The summed E-state index contributed by atoms with van der Waals surface area (Å²) in [6, 6.07) is 5.04. The van der Waals surface area contributed by atoms with Crippen LogP contribution in [0.25, 0.3) is 0 Å². The van der Waals surface area contributed by atoms with Gasteiger partial charge in [0.25, 0.3) is 10.0 Å². The number of hydrogen-bond acceptors (Lipinski definition) is 7. The van der Waals surface area contributed by atoms with Crippen molar-refractivity contribution in [1.82, 2.24) is 9.97 Å². The zero-order valence-electron chi connectivity index (χ0n) is 12.7. The Morgan fingerprint density at radius 3 is 2.38 bits per heavy atom. The third-order valence-corrected chi connectivity index (χ3v) is 4.43. The van der Waals surface area contributed by atoms with Gasteiger partial charge in [0.05, 0.1) is 18.4 Å². The Hall–Kier alpha value is -2.72. The molecule has 0 aliphatic rings. The number of sulfonamides is 1. The summed E-state index contributed by atoms with van der Waals surface area (Å²) in [5.74, 6) is -0.661. The normalized spacial score (nSPS) is 12.4. The Morgan fingerprint density at radius 1 is 1.29 bits per heavy atom. The second kappa shape index (κ2) is 7.23. The predicted molar refractivity (Wildman–Crippen MR) is 85.0 cm³/mol. The number of ether oxygens (including phenoxy) is 1. The van der Waals surface area contributed by atoms with E-state index in [1.807, 2.05) is 0 Å². The SMILES string of the molecule is COc1ccc(S(=O)(=O)Nc2ncc(C(N)CC(=O)O)cn2)cc1. The van der Waals surface area contributed by atoms with Gasteiger partial charge in [-0.2, -0.15) is 0 Å². The number of carbonyl (C=O) groups is 1. The van der Waals surface area contributed by atoms with E-state index in [4.69, 9.17) is 15.6 Å². The quantitative estimate of drug-likeness (QED) is 0.662. The summed E-state index contributed by atoms with van der Waals surface area (Å²) in [6.45, 7) is 0. The van der Waals surface area contributed by atoms with Crippen LogP contribution in [0, 0.1) is 0 Å². The molecule has 4 N–H and O–H groups in total. The number of carboxylic acid groups (broad SMARTS) is 1. The Kier molecular flexibility index (Phi) is 5.31. The highest BCUT2D eigenvalue weighted by Crippen LogP contribution is 2.18. The minimum atomic E-state index is -3.85. The van der Waals surface area contributed by atoms with E-state index >= 15 is 0 Å². The maximum absolute atomic E-state index is 12.2. The molecule has 0 bridgehead atoms. The number of nitrogens with one attached hydrogen (secondary N) is 1. The zero-order valence-corrected chi connectivity index (χ0v) is 13.5. The lowest BCUT2D eigenvalue weighted by Gasteiger charge is -2.10. The van der Waals surface area contributed by atoms with E-state index in [-0.39, 0.29) is 17.3 Å². The van der Waals surface area contributed by atoms with Gasteiger partial charge in [0.15, 0.2) is 0 Å². The van der Waals surface area contributed by atoms with Gasteiger partial charge in [-0.15, -0.1) is 0 Å². The zero-order chi connectivity index (χ0) is 17.7. The van der Waals surface area contributed by atoms with Crippen LogP contribution in [0.4, 0.5) is 5.95 Å². The van der Waals surface area contributed by atoms with Gasteiger partial charge < -0.3 is 15.6 Å². The van der Waals surface area contributed by atoms with Crippen molar-refractivity contribution in [3.8, 4) is 5.75 Å². The van der Waals surface area contributed by atoms with Gasteiger partial charge in [0.2, 0.25) is 5.95 Å². The molecule has 0 amide bonds. The second-order valence-electron chi connectivity index (χ2n) is 4.83. The molecule has 1 unspecified atom stereocenters. The first-order valence-corrected chi connectivity index (χ1v) is 8.26. The fourth-order valence-electron chi connectivity index (χ4n) is 1.82. The van der Waals surface area contributed by atoms with E-state index in [0.717, 1.165) is 0 Å². The highest BCUT2D eigenvalue weighted by atomic mass is 32.2. The van der Waals surface area contributed by atoms with Crippen molar-refractivity contribution in [3.05, 3.63) is 42.2 Å². The molecule has 0 aliphatic heterocycles. The van der Waals surface area contributed by atoms with Crippen LogP contribution in [0.3, 0.4) is 0 Å². The van der Waals surface area contributed by atoms with Gasteiger partial charge in [0.1, 0.15) is 5.75 Å². The average molecular weight is 352 g/mol. The predicted octanol–water partition coefficient (Wildman–Crippen LogP) is 0.760. The van der Waals surface area contributed by atoms with E-state index in [2.05, 4.69) is 14.7 Å². The molecule has 0 fully saturated rings. The van der Waals surface area contributed by atoms with Crippen molar-refractivity contribution in [1.29, 1.82) is 0 Å². The van der Waals surface area contributed by atoms with Crippen molar-refractivity contribution in [3.63, 3.8) is 0 Å². The number of carboxylic acids is 1. The number of rotatable bonds is 7. The minimum absolute atomic E-state index is 0.0264. The van der Waals surface area contributed by atoms with Crippen molar-refractivity contribution < 1.29 is 23.1 Å². The van der Waals surface area contributed by atoms with Gasteiger partial charge in [-0.05, 0) is 24.3 Å². The number of anilines is 1. The number of methoxy groups -OCH3 is 1. The molecule has 1 aromatic carbocycles. The monoisotopic (exact) mass is 352 g/mol. The van der Waals surface area contributed by atoms with Crippen LogP contribution in [0.2, 0.25) is 0 Å². The molecule has 128 valence electrons. The van der Waals surface area contributed by atoms with Crippen LogP contribution in [0.1, 0.15) is 18.0 Å². The van der Waals surface area contributed by atoms with Crippen molar-refractivity contribution in [2.24, 2.45) is 5.73 Å². The number of nitrogens with zero attached hydrogens (tertiary/aromatic N) is 2. The molecule has 1 atom stereocenters. The third-order valence-electron chi connectivity index (χ3n) is 3.09. The number of aromatic nitrogens is 2. The highest BCUT2D eigenvalue weighted by molar-refractivity contribution is 7.92. The summed E-state index contributed by atoms with van der Waals surface area (Å²) in [7, 11) is -2.37. The first-order valence-electron chi connectivity index (χ1n) is 6.78. The largest absolute Gasteiger partial charge is 0.497 e. The van der Waals surface area contributed by atoms with Gasteiger partial charge in [-0.3, -0.25) is 4.79 Å². The van der Waals surface area contributed by atoms with Crippen LogP contribution in [0.15, 0.2) is 41.6 Å². The van der Waals surface area contributed by atoms with Gasteiger partial charge in [0, 0.05) is 24.0 Å². The molecule has 1 heterocycles. The molecule has 0 spiro atoms. The summed E-state index contributed by atoms with van der Waals surface area (Å²) in [4.78, 5) is 18.4. The Bertz CT molecular complexity index is 806. The molecule has 0 saturated heterocycles. The van der Waals surface area contributed by atoms with Crippen LogP contribution < -0.4 is 15.2 Å². The van der Waals surface area contributed by atoms with Crippen molar-refractivity contribution >= 4 is 21.9 Å². The van der Waals surface area contributed by atoms with Crippen molar-refractivity contribution in [2.75, 3.05) is 11.8 Å². The van der Waals surface area contributed by atoms with E-state index < -0.39 is 22.0 Å². The molecule has 0 aliphatic carbocycles. The molecule has 0 saturated carbocycles. The molecule has 24 heavy (non-hydrogen) atoms. The van der Waals surface area contributed by atoms with Crippen LogP contribution in [0.5, 0.6) is 5.75 Å². The Labute approximate surface area is 138 Å². The number of benzene rings is 1. The number of hydrogen-bond donors (Lipinski definition) is 3. The Morgan fingerprint density at radius 2 is 1.88 bits per heavy atom. The lowest BCUT2D eigenvalue weighted by Crippen LogP contribution is -2.17. The van der Waals surface area contributed by atoms with E-state index in [0.29, 0.717) is 11.3 Å². The van der Waals surface area contributed by atoms with Gasteiger partial charge in [-0.25, -0.2) is 23.1 Å². The van der Waals surface area contributed by atoms with Crippen LogP contribution in [-0.4, -0.2) is 36.6 Å². The molecule has 2 rings (SSSR count). The molecule has 9 nitrogen and oxygen atoms in total. The van der Waals surface area contributed by atoms with Crippen LogP contribution in [-0.2, 0) is 14.8 Å². The van der Waals surface area contributed by atoms with Crippen molar-refractivity contribution in [2.45, 2.75) is 17.4 Å². The Balaban J connectivity index is 2.13. The number of aliphatic carboxylic acids is 1. The maximum atomic E-state index is 12.2. The van der Waals surface area contributed by atoms with E-state index in [1.54, 1.807) is 0 Å². The summed E-state index contributed by atoms with van der Waals surface area (Å²) in [6.07, 6.45) is 2.29. The smallest absolute Gasteiger partial charge is 0.305 e. The van der Waals surface area contributed by atoms with E-state index in [1.165, 1.54) is 43.8 Å². The highest BCUT2D eigenvalue weighted by Gasteiger charge is 2.17. The van der Waals surface area contributed by atoms with Gasteiger partial charge >= 0.3 is 5.97 Å². The fraction of sp³-hybridized carbons (Fsp3) is 0.214. The molecular weight excluding hydrogens is 336 g/mol. The summed E-state index contributed by atoms with van der Waals surface area (Å²) in [5.41, 5.74) is 6.07. The molecule has 10 heteroatoms. The molecule has 1 aromatic heterocycles. The van der Waals surface area contributed by atoms with Crippen LogP contribution >= 0.6 is 0 Å². The maximum Gasteiger partial charge on any atom is 0.305 e. The summed E-state index contributed by atoms with van der Waals surface area (Å²) < 4.78 is 31.7.